The fourth-order valence-electron chi connectivity index (χ4n) is 4.08. The van der Waals surface area contributed by atoms with Crippen molar-refractivity contribution >= 4 is 27.3 Å². The zero-order chi connectivity index (χ0) is 23.4. The number of para-hydroxylation sites is 3. The highest BCUT2D eigenvalue weighted by Gasteiger charge is 2.32. The number of aryl methyl sites for hydroxylation is 2. The summed E-state index contributed by atoms with van der Waals surface area (Å²) in [5, 5.41) is 0. The Balaban J connectivity index is 1.76. The molecule has 3 aromatic rings. The van der Waals surface area contributed by atoms with Crippen molar-refractivity contribution in [2.24, 2.45) is 0 Å². The summed E-state index contributed by atoms with van der Waals surface area (Å²) < 4.78 is 34.4. The first-order valence-corrected chi connectivity index (χ1v) is 12.6. The van der Waals surface area contributed by atoms with Gasteiger partial charge in [0.15, 0.2) is 0 Å². The number of amides is 1. The van der Waals surface area contributed by atoms with Gasteiger partial charge in [-0.1, -0.05) is 48.0 Å². The third-order valence-corrected chi connectivity index (χ3v) is 7.51. The number of carbonyl (C=O) groups excluding carboxylic acids is 1. The number of hydrogen-bond donors (Lipinski definition) is 0. The molecule has 0 saturated carbocycles. The number of benzene rings is 3. The van der Waals surface area contributed by atoms with E-state index >= 15 is 0 Å². The smallest absolute Gasteiger partial charge is 0.264 e. The highest BCUT2D eigenvalue weighted by atomic mass is 32.2. The Labute approximate surface area is 195 Å². The van der Waals surface area contributed by atoms with E-state index in [1.54, 1.807) is 53.4 Å². The van der Waals surface area contributed by atoms with Gasteiger partial charge in [0.1, 0.15) is 12.3 Å². The Morgan fingerprint density at radius 1 is 1.00 bits per heavy atom. The molecule has 33 heavy (non-hydrogen) atoms. The first-order chi connectivity index (χ1) is 15.9. The number of carbonyl (C=O) groups is 1. The molecule has 1 aliphatic heterocycles. The summed E-state index contributed by atoms with van der Waals surface area (Å²) in [4.78, 5) is 15.3. The summed E-state index contributed by atoms with van der Waals surface area (Å²) in [6, 6.07) is 21.4. The molecule has 1 amide bonds. The molecule has 0 radical (unpaired) electrons. The highest BCUT2D eigenvalue weighted by molar-refractivity contribution is 7.92. The lowest BCUT2D eigenvalue weighted by molar-refractivity contribution is -0.117. The van der Waals surface area contributed by atoms with Crippen LogP contribution < -0.4 is 13.9 Å². The third kappa shape index (κ3) is 4.73. The molecule has 4 rings (SSSR count). The van der Waals surface area contributed by atoms with E-state index in [0.717, 1.165) is 29.7 Å². The van der Waals surface area contributed by atoms with Crippen LogP contribution in [0.1, 0.15) is 24.5 Å². The number of anilines is 2. The van der Waals surface area contributed by atoms with E-state index in [4.69, 9.17) is 4.74 Å². The van der Waals surface area contributed by atoms with Gasteiger partial charge in [0, 0.05) is 12.2 Å². The Hall–Kier alpha value is -3.32. The van der Waals surface area contributed by atoms with Gasteiger partial charge in [-0.3, -0.25) is 9.10 Å². The Kier molecular flexibility index (Phi) is 6.70. The number of ether oxygens (including phenoxy) is 1. The van der Waals surface area contributed by atoms with Gasteiger partial charge in [-0.05, 0) is 62.6 Å². The van der Waals surface area contributed by atoms with Crippen LogP contribution in [0.2, 0.25) is 0 Å². The predicted molar refractivity (Wildman–Crippen MR) is 130 cm³/mol. The van der Waals surface area contributed by atoms with E-state index in [-0.39, 0.29) is 17.3 Å². The van der Waals surface area contributed by atoms with E-state index in [1.807, 2.05) is 38.1 Å². The monoisotopic (exact) mass is 464 g/mol. The highest BCUT2D eigenvalue weighted by Crippen LogP contribution is 2.34. The number of nitrogens with zero attached hydrogens (tertiary/aromatic N) is 2. The fourth-order valence-corrected chi connectivity index (χ4v) is 5.50. The Bertz CT molecular complexity index is 1240. The maximum Gasteiger partial charge on any atom is 0.264 e. The molecule has 6 nitrogen and oxygen atoms in total. The third-order valence-electron chi connectivity index (χ3n) is 5.73. The van der Waals surface area contributed by atoms with Gasteiger partial charge in [-0.25, -0.2) is 8.42 Å². The molecule has 1 heterocycles. The minimum absolute atomic E-state index is 0.131. The van der Waals surface area contributed by atoms with Crippen LogP contribution in [0.5, 0.6) is 5.75 Å². The largest absolute Gasteiger partial charge is 0.492 e. The lowest BCUT2D eigenvalue weighted by Gasteiger charge is -2.32. The van der Waals surface area contributed by atoms with Gasteiger partial charge in [-0.2, -0.15) is 0 Å². The molecule has 0 aromatic heterocycles. The van der Waals surface area contributed by atoms with Crippen molar-refractivity contribution in [2.75, 3.05) is 28.9 Å². The van der Waals surface area contributed by atoms with Crippen LogP contribution in [0, 0.1) is 6.92 Å². The Morgan fingerprint density at radius 2 is 1.70 bits per heavy atom. The van der Waals surface area contributed by atoms with E-state index in [9.17, 15) is 13.2 Å². The molecule has 3 aromatic carbocycles. The van der Waals surface area contributed by atoms with E-state index in [0.29, 0.717) is 24.6 Å². The minimum atomic E-state index is -4.02. The molecule has 0 fully saturated rings. The van der Waals surface area contributed by atoms with Crippen molar-refractivity contribution in [2.45, 2.75) is 31.6 Å². The van der Waals surface area contributed by atoms with Gasteiger partial charge in [-0.15, -0.1) is 0 Å². The molecule has 1 aliphatic rings. The normalized spacial score (nSPS) is 13.3. The van der Waals surface area contributed by atoms with E-state index < -0.39 is 10.0 Å². The van der Waals surface area contributed by atoms with Crippen LogP contribution >= 0.6 is 0 Å². The summed E-state index contributed by atoms with van der Waals surface area (Å²) in [6.45, 7) is 4.35. The van der Waals surface area contributed by atoms with Crippen LogP contribution in [0.4, 0.5) is 11.4 Å². The molecule has 0 N–H and O–H groups in total. The molecule has 0 bridgehead atoms. The van der Waals surface area contributed by atoms with Crippen molar-refractivity contribution < 1.29 is 17.9 Å². The molecular formula is C26H28N2O4S. The predicted octanol–water partition coefficient (Wildman–Crippen LogP) is 4.57. The number of hydrogen-bond acceptors (Lipinski definition) is 4. The number of rotatable bonds is 7. The molecule has 172 valence electrons. The molecule has 0 aliphatic carbocycles. The summed E-state index contributed by atoms with van der Waals surface area (Å²) in [6.07, 6.45) is 1.74. The maximum absolute atomic E-state index is 13.8. The van der Waals surface area contributed by atoms with Gasteiger partial charge in [0.25, 0.3) is 10.0 Å². The topological polar surface area (TPSA) is 66.9 Å². The van der Waals surface area contributed by atoms with Crippen molar-refractivity contribution in [3.63, 3.8) is 0 Å². The zero-order valence-corrected chi connectivity index (χ0v) is 19.7. The van der Waals surface area contributed by atoms with Crippen LogP contribution in [-0.2, 0) is 21.2 Å². The first kappa shape index (κ1) is 22.9. The SMILES string of the molecule is CCOc1ccccc1N(CC(=O)N1CCCc2ccccc21)S(=O)(=O)c1ccc(C)cc1. The second-order valence-corrected chi connectivity index (χ2v) is 9.87. The molecule has 0 atom stereocenters. The Morgan fingerprint density at radius 3 is 2.45 bits per heavy atom. The second-order valence-electron chi connectivity index (χ2n) is 8.00. The van der Waals surface area contributed by atoms with Crippen molar-refractivity contribution in [3.8, 4) is 5.75 Å². The zero-order valence-electron chi connectivity index (χ0n) is 18.9. The van der Waals surface area contributed by atoms with Crippen molar-refractivity contribution in [1.29, 1.82) is 0 Å². The van der Waals surface area contributed by atoms with Crippen molar-refractivity contribution in [1.82, 2.24) is 0 Å². The molecule has 0 saturated heterocycles. The number of fused-ring (bicyclic) bond motifs is 1. The number of sulfonamides is 1. The fraction of sp³-hybridized carbons (Fsp3) is 0.269. The van der Waals surface area contributed by atoms with Crippen LogP contribution in [0.25, 0.3) is 0 Å². The quantitative estimate of drug-likeness (QED) is 0.514. The van der Waals surface area contributed by atoms with Crippen molar-refractivity contribution in [3.05, 3.63) is 83.9 Å². The lowest BCUT2D eigenvalue weighted by atomic mass is 10.0. The lowest BCUT2D eigenvalue weighted by Crippen LogP contribution is -2.45. The van der Waals surface area contributed by atoms with Gasteiger partial charge >= 0.3 is 0 Å². The summed E-state index contributed by atoms with van der Waals surface area (Å²) in [5.74, 6) is 0.145. The average Bonchev–Trinajstić information content (AvgIpc) is 2.83. The molecular weight excluding hydrogens is 436 g/mol. The minimum Gasteiger partial charge on any atom is -0.492 e. The second kappa shape index (κ2) is 9.67. The van der Waals surface area contributed by atoms with Gasteiger partial charge < -0.3 is 9.64 Å². The van der Waals surface area contributed by atoms with Crippen LogP contribution in [-0.4, -0.2) is 34.0 Å². The molecule has 0 spiro atoms. The maximum atomic E-state index is 13.8. The van der Waals surface area contributed by atoms with Crippen LogP contribution in [0.3, 0.4) is 0 Å². The van der Waals surface area contributed by atoms with Gasteiger partial charge in [0.05, 0.1) is 17.2 Å². The molecule has 7 heteroatoms. The first-order valence-electron chi connectivity index (χ1n) is 11.1. The van der Waals surface area contributed by atoms with E-state index in [2.05, 4.69) is 0 Å². The van der Waals surface area contributed by atoms with Gasteiger partial charge in [0.2, 0.25) is 5.91 Å². The molecule has 0 unspecified atom stereocenters. The van der Waals surface area contributed by atoms with Crippen LogP contribution in [0.15, 0.2) is 77.7 Å². The summed E-state index contributed by atoms with van der Waals surface area (Å²) >= 11 is 0. The van der Waals surface area contributed by atoms with E-state index in [1.165, 1.54) is 4.31 Å². The summed E-state index contributed by atoms with van der Waals surface area (Å²) in [5.41, 5.74) is 3.24. The standard InChI is InChI=1S/C26H28N2O4S/c1-3-32-25-13-7-6-12-24(25)28(33(30,31)22-16-14-20(2)15-17-22)19-26(29)27-18-8-10-21-9-4-5-11-23(21)27/h4-7,9,11-17H,3,8,10,18-19H2,1-2H3. The average molecular weight is 465 g/mol. The summed E-state index contributed by atoms with van der Waals surface area (Å²) in [7, 11) is -4.02.